The molecule has 0 unspecified atom stereocenters. The van der Waals surface area contributed by atoms with Crippen molar-refractivity contribution < 1.29 is 0 Å². The second-order valence-electron chi connectivity index (χ2n) is 5.73. The van der Waals surface area contributed by atoms with Gasteiger partial charge in [-0.1, -0.05) is 48.5 Å². The molecule has 0 radical (unpaired) electrons. The average Bonchev–Trinajstić information content (AvgIpc) is 2.93. The molecule has 3 aromatic carbocycles. The van der Waals surface area contributed by atoms with E-state index in [1.165, 1.54) is 42.4 Å². The summed E-state index contributed by atoms with van der Waals surface area (Å²) in [5.41, 5.74) is 5.91. The second kappa shape index (κ2) is 4.19. The zero-order valence-corrected chi connectivity index (χ0v) is 12.4. The molecule has 1 aromatic heterocycles. The molecule has 0 saturated heterocycles. The molecule has 1 heteroatoms. The van der Waals surface area contributed by atoms with Gasteiger partial charge < -0.3 is 0 Å². The Morgan fingerprint density at radius 1 is 0.667 bits per heavy atom. The van der Waals surface area contributed by atoms with E-state index in [4.69, 9.17) is 0 Å². The van der Waals surface area contributed by atoms with Crippen LogP contribution in [0.3, 0.4) is 0 Å². The molecule has 21 heavy (non-hydrogen) atoms. The first-order valence-electron chi connectivity index (χ1n) is 7.43. The third kappa shape index (κ3) is 1.55. The summed E-state index contributed by atoms with van der Waals surface area (Å²) in [7, 11) is 0. The minimum Gasteiger partial charge on any atom is -0.135 e. The van der Waals surface area contributed by atoms with E-state index in [-0.39, 0.29) is 0 Å². The van der Waals surface area contributed by atoms with Crippen LogP contribution in [0.2, 0.25) is 0 Å². The van der Waals surface area contributed by atoms with Gasteiger partial charge in [0.05, 0.1) is 0 Å². The van der Waals surface area contributed by atoms with Crippen molar-refractivity contribution in [1.82, 2.24) is 0 Å². The van der Waals surface area contributed by atoms with Gasteiger partial charge in [-0.25, -0.2) is 0 Å². The fourth-order valence-electron chi connectivity index (χ4n) is 3.63. The van der Waals surface area contributed by atoms with E-state index in [2.05, 4.69) is 60.7 Å². The van der Waals surface area contributed by atoms with E-state index in [0.717, 1.165) is 12.8 Å². The van der Waals surface area contributed by atoms with Crippen molar-refractivity contribution in [3.05, 3.63) is 71.8 Å². The molecule has 4 aromatic rings. The molecule has 1 aliphatic carbocycles. The summed E-state index contributed by atoms with van der Waals surface area (Å²) in [6, 6.07) is 22.4. The van der Waals surface area contributed by atoms with E-state index < -0.39 is 0 Å². The Morgan fingerprint density at radius 2 is 1.48 bits per heavy atom. The fraction of sp³-hybridized carbons (Fsp3) is 0.100. The molecule has 100 valence electrons. The van der Waals surface area contributed by atoms with Crippen LogP contribution in [0.1, 0.15) is 11.1 Å². The summed E-state index contributed by atoms with van der Waals surface area (Å²) in [5.74, 6) is 0. The molecule has 0 atom stereocenters. The largest absolute Gasteiger partial charge is 0.135 e. The lowest BCUT2D eigenvalue weighted by molar-refractivity contribution is 0.945. The highest BCUT2D eigenvalue weighted by atomic mass is 32.1. The highest BCUT2D eigenvalue weighted by Crippen LogP contribution is 2.44. The first-order valence-corrected chi connectivity index (χ1v) is 8.25. The van der Waals surface area contributed by atoms with E-state index >= 15 is 0 Å². The van der Waals surface area contributed by atoms with Crippen LogP contribution in [0.15, 0.2) is 60.7 Å². The molecule has 0 amide bonds. The van der Waals surface area contributed by atoms with Crippen LogP contribution in [0.25, 0.3) is 31.3 Å². The number of aryl methyl sites for hydroxylation is 2. The Morgan fingerprint density at radius 3 is 2.48 bits per heavy atom. The molecule has 0 bridgehead atoms. The predicted octanol–water partition coefficient (Wildman–Crippen LogP) is 5.82. The van der Waals surface area contributed by atoms with Gasteiger partial charge in [-0.3, -0.25) is 0 Å². The Kier molecular flexibility index (Phi) is 2.30. The maximum atomic E-state index is 2.34. The number of thiophene rings is 1. The normalized spacial score (nSPS) is 13.3. The quantitative estimate of drug-likeness (QED) is 0.382. The lowest BCUT2D eigenvalue weighted by Gasteiger charge is -2.20. The number of fused-ring (bicyclic) bond motifs is 7. The zero-order valence-electron chi connectivity index (χ0n) is 11.6. The zero-order chi connectivity index (χ0) is 13.8. The molecule has 0 spiro atoms. The Labute approximate surface area is 127 Å². The molecule has 0 N–H and O–H groups in total. The van der Waals surface area contributed by atoms with E-state index in [9.17, 15) is 0 Å². The molecule has 0 saturated carbocycles. The van der Waals surface area contributed by atoms with Gasteiger partial charge in [0, 0.05) is 20.2 Å². The Balaban J connectivity index is 2.01. The molecule has 5 rings (SSSR count). The summed E-state index contributed by atoms with van der Waals surface area (Å²) >= 11 is 1.91. The van der Waals surface area contributed by atoms with Gasteiger partial charge in [0.15, 0.2) is 0 Å². The van der Waals surface area contributed by atoms with Gasteiger partial charge in [-0.2, -0.15) is 0 Å². The Hall–Kier alpha value is -2.12. The highest BCUT2D eigenvalue weighted by molar-refractivity contribution is 7.25. The summed E-state index contributed by atoms with van der Waals surface area (Å²) < 4.78 is 2.80. The van der Waals surface area contributed by atoms with Gasteiger partial charge in [0.2, 0.25) is 0 Å². The molecule has 0 aliphatic heterocycles. The van der Waals surface area contributed by atoms with Crippen molar-refractivity contribution in [3.8, 4) is 11.1 Å². The third-order valence-corrected chi connectivity index (χ3v) is 5.72. The maximum absolute atomic E-state index is 2.34. The fourth-order valence-corrected chi connectivity index (χ4v) is 4.74. The van der Waals surface area contributed by atoms with Crippen molar-refractivity contribution in [3.63, 3.8) is 0 Å². The van der Waals surface area contributed by atoms with E-state index in [0.29, 0.717) is 0 Å². The average molecular weight is 286 g/mol. The minimum atomic E-state index is 1.16. The molecule has 0 nitrogen and oxygen atoms in total. The Bertz CT molecular complexity index is 991. The van der Waals surface area contributed by atoms with Crippen molar-refractivity contribution in [2.24, 2.45) is 0 Å². The summed E-state index contributed by atoms with van der Waals surface area (Å²) in [6.07, 6.45) is 2.32. The van der Waals surface area contributed by atoms with E-state index in [1.807, 2.05) is 11.3 Å². The first kappa shape index (κ1) is 11.5. The van der Waals surface area contributed by atoms with Gasteiger partial charge >= 0.3 is 0 Å². The SMILES string of the molecule is c1ccc2c(c1)CCc1ccc3sc4ccccc4c3c1-2. The van der Waals surface area contributed by atoms with Crippen LogP contribution in [-0.4, -0.2) is 0 Å². The van der Waals surface area contributed by atoms with Crippen molar-refractivity contribution >= 4 is 31.5 Å². The van der Waals surface area contributed by atoms with Crippen LogP contribution in [0.4, 0.5) is 0 Å². The molecule has 0 fully saturated rings. The smallest absolute Gasteiger partial charge is 0.0361 e. The summed E-state index contributed by atoms with van der Waals surface area (Å²) in [4.78, 5) is 0. The standard InChI is InChI=1S/C20H14S/c1-2-6-15-13(5-1)9-10-14-11-12-18-20(19(14)15)16-7-3-4-8-17(16)21-18/h1-8,11-12H,9-10H2. The first-order chi connectivity index (χ1) is 10.4. The van der Waals surface area contributed by atoms with Gasteiger partial charge in [-0.15, -0.1) is 11.3 Å². The lowest BCUT2D eigenvalue weighted by Crippen LogP contribution is -2.03. The third-order valence-electron chi connectivity index (χ3n) is 4.58. The number of hydrogen-bond acceptors (Lipinski definition) is 1. The van der Waals surface area contributed by atoms with Crippen molar-refractivity contribution in [2.45, 2.75) is 12.8 Å². The molecule has 1 aliphatic rings. The molecule has 1 heterocycles. The lowest BCUT2D eigenvalue weighted by atomic mass is 9.83. The monoisotopic (exact) mass is 286 g/mol. The van der Waals surface area contributed by atoms with Crippen LogP contribution < -0.4 is 0 Å². The number of hydrogen-bond donors (Lipinski definition) is 0. The molecular weight excluding hydrogens is 272 g/mol. The molecular formula is C20H14S. The van der Waals surface area contributed by atoms with Crippen LogP contribution in [-0.2, 0) is 12.8 Å². The van der Waals surface area contributed by atoms with Crippen LogP contribution >= 0.6 is 11.3 Å². The number of rotatable bonds is 0. The maximum Gasteiger partial charge on any atom is 0.0361 e. The van der Waals surface area contributed by atoms with E-state index in [1.54, 1.807) is 0 Å². The van der Waals surface area contributed by atoms with Crippen LogP contribution in [0.5, 0.6) is 0 Å². The summed E-state index contributed by atoms with van der Waals surface area (Å²) in [5, 5.41) is 2.87. The van der Waals surface area contributed by atoms with Gasteiger partial charge in [0.25, 0.3) is 0 Å². The minimum absolute atomic E-state index is 1.16. The van der Waals surface area contributed by atoms with Crippen LogP contribution in [0, 0.1) is 0 Å². The van der Waals surface area contributed by atoms with Crippen molar-refractivity contribution in [2.75, 3.05) is 0 Å². The van der Waals surface area contributed by atoms with Gasteiger partial charge in [-0.05, 0) is 47.2 Å². The summed E-state index contributed by atoms with van der Waals surface area (Å²) in [6.45, 7) is 0. The number of benzene rings is 3. The van der Waals surface area contributed by atoms with Crippen molar-refractivity contribution in [1.29, 1.82) is 0 Å². The highest BCUT2D eigenvalue weighted by Gasteiger charge is 2.20. The topological polar surface area (TPSA) is 0 Å². The predicted molar refractivity (Wildman–Crippen MR) is 92.2 cm³/mol. The van der Waals surface area contributed by atoms with Gasteiger partial charge in [0.1, 0.15) is 0 Å². The second-order valence-corrected chi connectivity index (χ2v) is 6.81.